The van der Waals surface area contributed by atoms with Gasteiger partial charge >= 0.3 is 0 Å². The molecule has 1 heterocycles. The van der Waals surface area contributed by atoms with Gasteiger partial charge in [0.25, 0.3) is 5.91 Å². The van der Waals surface area contributed by atoms with Gasteiger partial charge in [-0.05, 0) is 49.2 Å². The number of rotatable bonds is 8. The number of halogens is 1. The van der Waals surface area contributed by atoms with Crippen molar-refractivity contribution in [1.82, 2.24) is 4.90 Å². The molecule has 1 fully saturated rings. The van der Waals surface area contributed by atoms with Crippen LogP contribution in [0.4, 0.5) is 0 Å². The van der Waals surface area contributed by atoms with E-state index in [-0.39, 0.29) is 12.0 Å². The van der Waals surface area contributed by atoms with Crippen molar-refractivity contribution in [2.75, 3.05) is 33.4 Å². The van der Waals surface area contributed by atoms with Gasteiger partial charge in [0, 0.05) is 18.7 Å². The highest BCUT2D eigenvalue weighted by atomic mass is 35.5. The van der Waals surface area contributed by atoms with Gasteiger partial charge in [0.15, 0.2) is 0 Å². The molecule has 1 aliphatic rings. The maximum Gasteiger partial charge on any atom is 0.257 e. The van der Waals surface area contributed by atoms with Crippen molar-refractivity contribution in [3.8, 4) is 11.5 Å². The molecule has 0 N–H and O–H groups in total. The summed E-state index contributed by atoms with van der Waals surface area (Å²) >= 11 is 5.86. The van der Waals surface area contributed by atoms with E-state index in [9.17, 15) is 4.79 Å². The van der Waals surface area contributed by atoms with Crippen LogP contribution in [0.5, 0.6) is 11.5 Å². The van der Waals surface area contributed by atoms with Crippen molar-refractivity contribution in [3.05, 3.63) is 59.1 Å². The Labute approximate surface area is 164 Å². The van der Waals surface area contributed by atoms with E-state index >= 15 is 0 Å². The van der Waals surface area contributed by atoms with Crippen LogP contribution < -0.4 is 9.47 Å². The van der Waals surface area contributed by atoms with Crippen molar-refractivity contribution in [3.63, 3.8) is 0 Å². The van der Waals surface area contributed by atoms with Crippen LogP contribution in [0.25, 0.3) is 0 Å². The lowest BCUT2D eigenvalue weighted by atomic mass is 10.1. The Hall–Kier alpha value is -2.24. The van der Waals surface area contributed by atoms with E-state index in [0.717, 1.165) is 25.2 Å². The molecule has 1 aliphatic heterocycles. The molecule has 0 saturated carbocycles. The number of carbonyl (C=O) groups excluding carboxylic acids is 1. The lowest BCUT2D eigenvalue weighted by Crippen LogP contribution is -2.31. The van der Waals surface area contributed by atoms with Crippen molar-refractivity contribution in [2.45, 2.75) is 18.9 Å². The van der Waals surface area contributed by atoms with Gasteiger partial charge in [-0.3, -0.25) is 4.79 Å². The minimum absolute atomic E-state index is 0.0994. The number of hydrogen-bond donors (Lipinski definition) is 0. The van der Waals surface area contributed by atoms with Gasteiger partial charge in [-0.25, -0.2) is 0 Å². The first-order valence-corrected chi connectivity index (χ1v) is 9.48. The molecule has 0 bridgehead atoms. The molecule has 1 saturated heterocycles. The lowest BCUT2D eigenvalue weighted by molar-refractivity contribution is 0.0655. The Balaban J connectivity index is 1.53. The zero-order valence-electron chi connectivity index (χ0n) is 15.4. The van der Waals surface area contributed by atoms with Crippen LogP contribution in [0.2, 0.25) is 5.02 Å². The summed E-state index contributed by atoms with van der Waals surface area (Å²) in [4.78, 5) is 14.4. The topological polar surface area (TPSA) is 48.0 Å². The highest BCUT2D eigenvalue weighted by molar-refractivity contribution is 6.30. The van der Waals surface area contributed by atoms with Crippen LogP contribution in [0.3, 0.4) is 0 Å². The zero-order valence-corrected chi connectivity index (χ0v) is 16.2. The third kappa shape index (κ3) is 5.62. The van der Waals surface area contributed by atoms with E-state index in [1.807, 2.05) is 18.2 Å². The van der Waals surface area contributed by atoms with Gasteiger partial charge in [0.2, 0.25) is 0 Å². The summed E-state index contributed by atoms with van der Waals surface area (Å²) in [6, 6.07) is 14.5. The molecule has 0 spiro atoms. The Kier molecular flexibility index (Phi) is 6.96. The van der Waals surface area contributed by atoms with Crippen LogP contribution in [0.1, 0.15) is 23.2 Å². The first-order valence-electron chi connectivity index (χ1n) is 9.11. The van der Waals surface area contributed by atoms with Crippen LogP contribution in [0, 0.1) is 0 Å². The minimum Gasteiger partial charge on any atom is -0.492 e. The highest BCUT2D eigenvalue weighted by Crippen LogP contribution is 2.22. The molecule has 3 rings (SSSR count). The SMILES string of the molecule is CN(CCOc1ccc(Cl)cc1)C(=O)c1ccccc1OCC1CCCO1. The Morgan fingerprint density at radius 2 is 1.96 bits per heavy atom. The summed E-state index contributed by atoms with van der Waals surface area (Å²) < 4.78 is 17.1. The van der Waals surface area contributed by atoms with Gasteiger partial charge in [-0.2, -0.15) is 0 Å². The molecule has 6 heteroatoms. The van der Waals surface area contributed by atoms with Gasteiger partial charge in [0.1, 0.15) is 24.7 Å². The quantitative estimate of drug-likeness (QED) is 0.683. The standard InChI is InChI=1S/C21H24ClNO4/c1-23(12-14-26-17-10-8-16(22)9-11-17)21(24)19-6-2-3-7-20(19)27-15-18-5-4-13-25-18/h2-3,6-11,18H,4-5,12-15H2,1H3. The van der Waals surface area contributed by atoms with E-state index < -0.39 is 0 Å². The molecule has 1 amide bonds. The van der Waals surface area contributed by atoms with Crippen LogP contribution in [-0.2, 0) is 4.74 Å². The van der Waals surface area contributed by atoms with Gasteiger partial charge in [0.05, 0.1) is 18.2 Å². The second-order valence-electron chi connectivity index (χ2n) is 6.47. The number of para-hydroxylation sites is 1. The first kappa shape index (κ1) is 19.5. The predicted molar refractivity (Wildman–Crippen MR) is 105 cm³/mol. The van der Waals surface area contributed by atoms with E-state index in [1.54, 1.807) is 42.3 Å². The number of nitrogens with zero attached hydrogens (tertiary/aromatic N) is 1. The van der Waals surface area contributed by atoms with Crippen molar-refractivity contribution >= 4 is 17.5 Å². The third-order valence-electron chi connectivity index (χ3n) is 4.42. The summed E-state index contributed by atoms with van der Waals surface area (Å²) in [5, 5.41) is 0.661. The average molecular weight is 390 g/mol. The van der Waals surface area contributed by atoms with Crippen LogP contribution >= 0.6 is 11.6 Å². The maximum atomic E-state index is 12.8. The molecule has 144 valence electrons. The van der Waals surface area contributed by atoms with E-state index in [0.29, 0.717) is 36.1 Å². The highest BCUT2D eigenvalue weighted by Gasteiger charge is 2.20. The molecular formula is C21H24ClNO4. The number of amides is 1. The van der Waals surface area contributed by atoms with Gasteiger partial charge in [-0.15, -0.1) is 0 Å². The molecule has 0 aromatic heterocycles. The van der Waals surface area contributed by atoms with Crippen molar-refractivity contribution in [2.24, 2.45) is 0 Å². The first-order chi connectivity index (χ1) is 13.1. The number of ether oxygens (including phenoxy) is 3. The predicted octanol–water partition coefficient (Wildman–Crippen LogP) is 4.05. The third-order valence-corrected chi connectivity index (χ3v) is 4.67. The van der Waals surface area contributed by atoms with E-state index in [4.69, 9.17) is 25.8 Å². The zero-order chi connectivity index (χ0) is 19.1. The normalized spacial score (nSPS) is 16.1. The molecule has 2 aromatic rings. The molecule has 0 radical (unpaired) electrons. The van der Waals surface area contributed by atoms with Gasteiger partial charge in [-0.1, -0.05) is 23.7 Å². The molecule has 27 heavy (non-hydrogen) atoms. The van der Waals surface area contributed by atoms with E-state index in [1.165, 1.54) is 0 Å². The molecule has 1 unspecified atom stereocenters. The molecule has 5 nitrogen and oxygen atoms in total. The number of carbonyl (C=O) groups is 1. The monoisotopic (exact) mass is 389 g/mol. The fourth-order valence-corrected chi connectivity index (χ4v) is 2.99. The lowest BCUT2D eigenvalue weighted by Gasteiger charge is -2.20. The van der Waals surface area contributed by atoms with Crippen LogP contribution in [-0.4, -0.2) is 50.3 Å². The summed E-state index contributed by atoms with van der Waals surface area (Å²) in [7, 11) is 1.75. The second kappa shape index (κ2) is 9.62. The average Bonchev–Trinajstić information content (AvgIpc) is 3.21. The summed E-state index contributed by atoms with van der Waals surface area (Å²) in [6.45, 7) is 2.10. The molecule has 2 aromatic carbocycles. The fraction of sp³-hybridized carbons (Fsp3) is 0.381. The van der Waals surface area contributed by atoms with Crippen LogP contribution in [0.15, 0.2) is 48.5 Å². The Morgan fingerprint density at radius 1 is 1.19 bits per heavy atom. The minimum atomic E-state index is -0.0994. The smallest absolute Gasteiger partial charge is 0.257 e. The second-order valence-corrected chi connectivity index (χ2v) is 6.91. The number of benzene rings is 2. The fourth-order valence-electron chi connectivity index (χ4n) is 2.87. The maximum absolute atomic E-state index is 12.8. The summed E-state index contributed by atoms with van der Waals surface area (Å²) in [6.07, 6.45) is 2.17. The van der Waals surface area contributed by atoms with Crippen molar-refractivity contribution < 1.29 is 19.0 Å². The largest absolute Gasteiger partial charge is 0.492 e. The molecular weight excluding hydrogens is 366 g/mol. The Bertz CT molecular complexity index is 744. The van der Waals surface area contributed by atoms with Crippen molar-refractivity contribution in [1.29, 1.82) is 0 Å². The number of likely N-dealkylation sites (N-methyl/N-ethyl adjacent to an activating group) is 1. The molecule has 1 atom stereocenters. The van der Waals surface area contributed by atoms with E-state index in [2.05, 4.69) is 0 Å². The summed E-state index contributed by atoms with van der Waals surface area (Å²) in [5.41, 5.74) is 0.546. The molecule has 0 aliphatic carbocycles. The summed E-state index contributed by atoms with van der Waals surface area (Å²) in [5.74, 6) is 1.21. The Morgan fingerprint density at radius 3 is 2.70 bits per heavy atom. The number of hydrogen-bond acceptors (Lipinski definition) is 4. The van der Waals surface area contributed by atoms with Gasteiger partial charge < -0.3 is 19.1 Å².